The molecule has 0 heterocycles. The third-order valence-electron chi connectivity index (χ3n) is 12.9. The summed E-state index contributed by atoms with van der Waals surface area (Å²) in [4.78, 5) is 11.4. The molecule has 0 bridgehead atoms. The number of benzene rings is 7. The number of rotatable bonds is 18. The van der Waals surface area contributed by atoms with E-state index in [4.69, 9.17) is 18.9 Å². The van der Waals surface area contributed by atoms with E-state index in [1.54, 1.807) is 52.0 Å². The van der Waals surface area contributed by atoms with Gasteiger partial charge in [-0.1, -0.05) is 12.1 Å². The fourth-order valence-electron chi connectivity index (χ4n) is 8.56. The minimum atomic E-state index is -4.95. The summed E-state index contributed by atoms with van der Waals surface area (Å²) in [5, 5.41) is 38.7. The minimum Gasteiger partial charge on any atom is -0.494 e. The number of allylic oxidation sites excluding steroid dienone is 1. The van der Waals surface area contributed by atoms with Crippen LogP contribution in [0.1, 0.15) is 45.1 Å². The molecule has 31 heteroatoms. The summed E-state index contributed by atoms with van der Waals surface area (Å²) >= 11 is 0. The van der Waals surface area contributed by atoms with E-state index >= 15 is 0 Å². The third-order valence-corrected chi connectivity index (χ3v) is 16.7. The van der Waals surface area contributed by atoms with Crippen molar-refractivity contribution in [1.29, 1.82) is 0 Å². The van der Waals surface area contributed by atoms with E-state index in [-0.39, 0.29) is 79.0 Å². The largest absolute Gasteiger partial charge is 0.494 e. The number of amides is 2. The van der Waals surface area contributed by atoms with Crippen LogP contribution in [0, 0.1) is 27.7 Å². The summed E-state index contributed by atoms with van der Waals surface area (Å²) in [6, 6.07) is 22.2. The molecule has 1 aliphatic rings. The highest BCUT2D eigenvalue weighted by Gasteiger charge is 2.35. The molecular weight excluding hydrogens is 1180 g/mol. The molecule has 0 radical (unpaired) electrons. The highest BCUT2D eigenvalue weighted by molar-refractivity contribution is 7.90. The van der Waals surface area contributed by atoms with Gasteiger partial charge < -0.3 is 29.6 Å². The molecule has 0 saturated carbocycles. The predicted molar refractivity (Wildman–Crippen MR) is 309 cm³/mol. The van der Waals surface area contributed by atoms with Crippen molar-refractivity contribution in [3.05, 3.63) is 135 Å². The van der Waals surface area contributed by atoms with Gasteiger partial charge in [0.2, 0.25) is 0 Å². The molecule has 27 nitrogen and oxygen atoms in total. The van der Waals surface area contributed by atoms with Crippen LogP contribution in [0.5, 0.6) is 23.0 Å². The van der Waals surface area contributed by atoms with Crippen LogP contribution in [0.4, 0.5) is 61.7 Å². The molecule has 0 aliphatic heterocycles. The average molecular weight is 1230 g/mol. The van der Waals surface area contributed by atoms with Crippen molar-refractivity contribution in [3.8, 4) is 23.0 Å². The Hall–Kier alpha value is -8.95. The predicted octanol–water partition coefficient (Wildman–Crippen LogP) is 13.5. The van der Waals surface area contributed by atoms with Gasteiger partial charge in [-0.05, 0) is 133 Å². The van der Waals surface area contributed by atoms with Gasteiger partial charge in [0.05, 0.1) is 61.0 Å². The Morgan fingerprint density at radius 3 is 1.32 bits per heavy atom. The lowest BCUT2D eigenvalue weighted by Gasteiger charge is -2.22. The van der Waals surface area contributed by atoms with Crippen LogP contribution in [-0.4, -0.2) is 86.4 Å². The number of ether oxygens (including phenoxy) is 4. The van der Waals surface area contributed by atoms with Gasteiger partial charge in [-0.3, -0.25) is 18.2 Å². The van der Waals surface area contributed by atoms with Crippen LogP contribution in [-0.2, 0) is 40.5 Å². The van der Waals surface area contributed by atoms with Gasteiger partial charge in [-0.2, -0.15) is 54.1 Å². The van der Waals surface area contributed by atoms with E-state index in [1.165, 1.54) is 89.1 Å². The first-order valence-corrected chi connectivity index (χ1v) is 30.1. The number of nitrogens with zero attached hydrogens (tertiary/aromatic N) is 8. The lowest BCUT2D eigenvalue weighted by molar-refractivity contribution is 0.262. The van der Waals surface area contributed by atoms with Gasteiger partial charge in [0.1, 0.15) is 55.9 Å². The van der Waals surface area contributed by atoms with Crippen molar-refractivity contribution in [2.45, 2.75) is 49.2 Å². The van der Waals surface area contributed by atoms with Crippen LogP contribution < -0.4 is 29.6 Å². The fourth-order valence-corrected chi connectivity index (χ4v) is 11.6. The number of urea groups is 1. The zero-order chi connectivity index (χ0) is 61.2. The lowest BCUT2D eigenvalue weighted by Crippen LogP contribution is -2.20. The van der Waals surface area contributed by atoms with Crippen LogP contribution in [0.15, 0.2) is 153 Å². The van der Waals surface area contributed by atoms with E-state index in [0.29, 0.717) is 51.1 Å². The Balaban J connectivity index is 0.939. The number of carbonyl (C=O) groups is 1. The molecule has 1 atom stereocenters. The summed E-state index contributed by atoms with van der Waals surface area (Å²) in [5.74, 6) is 0.844. The Labute approximate surface area is 480 Å². The van der Waals surface area contributed by atoms with E-state index in [9.17, 15) is 56.7 Å². The number of azo groups is 4. The van der Waals surface area contributed by atoms with Gasteiger partial charge in [-0.15, -0.1) is 20.5 Å². The second-order valence-corrected chi connectivity index (χ2v) is 24.4. The van der Waals surface area contributed by atoms with Gasteiger partial charge >= 0.3 is 6.03 Å². The van der Waals surface area contributed by atoms with Crippen LogP contribution in [0.2, 0.25) is 0 Å². The molecule has 0 saturated heterocycles. The molecule has 0 fully saturated rings. The first-order valence-electron chi connectivity index (χ1n) is 24.3. The molecule has 438 valence electrons. The second kappa shape index (κ2) is 24.1. The van der Waals surface area contributed by atoms with Crippen LogP contribution in [0.25, 0.3) is 16.8 Å². The summed E-state index contributed by atoms with van der Waals surface area (Å²) in [6.45, 7) is 7.12. The number of fused-ring (bicyclic) bond motifs is 2. The maximum absolute atomic E-state index is 13.5. The number of carbonyl (C=O) groups excluding carboxylic acids is 1. The van der Waals surface area contributed by atoms with E-state index < -0.39 is 72.9 Å². The molecule has 0 aromatic heterocycles. The topological polar surface area (TPSA) is 394 Å². The quantitative estimate of drug-likeness (QED) is 0.0343. The second-order valence-electron chi connectivity index (χ2n) is 18.6. The monoisotopic (exact) mass is 1230 g/mol. The van der Waals surface area contributed by atoms with Gasteiger partial charge in [-0.25, -0.2) is 4.79 Å². The normalized spacial score (nSPS) is 14.1. The standard InChI is InChI=1S/C53H50N10O17S4/c1-27-15-41(58-62-45-25-47(77-5)43(23-49(45)79-7)60-56-33-11-9-31-17-35(81(65,66)67)21-51(37(31)19-33)83(71,72)73)29(3)13-39(27)54-53(64)55-40-14-30(4)42(16-28(40)2)59-63-46-26-48(78-6)44(24-50(46)80-8)61-57-34-12-10-32-18-36(82(68,69)70)22-52(38(32)20-34)84(74,75)76/h9-21,23-26,52H,22H2,1-8H3,(H2,54,55,64)(H,65,66,67)(H,68,69,70)(H,71,72,73)(H,74,75,76). The average Bonchev–Trinajstić information content (AvgIpc) is 1.58. The van der Waals surface area contributed by atoms with E-state index in [0.717, 1.165) is 12.1 Å². The number of nitrogens with one attached hydrogen (secondary N) is 2. The lowest BCUT2D eigenvalue weighted by atomic mass is 9.96. The molecule has 8 rings (SSSR count). The summed E-state index contributed by atoms with van der Waals surface area (Å²) < 4.78 is 157. The van der Waals surface area contributed by atoms with Crippen molar-refractivity contribution in [3.63, 3.8) is 0 Å². The SMILES string of the molecule is COc1cc(N=Nc2cc(C)c(NC(=O)Nc3cc(C)c(N=Nc4cc(OC)c(N=Nc5ccc6cc(S(=O)(=O)O)cc(S(=O)(=O)O)c6c5)cc4OC)cc3C)cc2C)c(OC)cc1N=Nc1ccc2c(c1)C(S(=O)(=O)O)CC(S(=O)(=O)O)=C2. The van der Waals surface area contributed by atoms with Crippen molar-refractivity contribution in [2.24, 2.45) is 40.9 Å². The number of aryl methyl sites for hydroxylation is 4. The van der Waals surface area contributed by atoms with Gasteiger partial charge in [0.15, 0.2) is 0 Å². The Kier molecular flexibility index (Phi) is 17.5. The molecule has 2 amide bonds. The number of hydrogen-bond acceptors (Lipinski definition) is 21. The highest BCUT2D eigenvalue weighted by atomic mass is 32.2. The van der Waals surface area contributed by atoms with Crippen molar-refractivity contribution >= 4 is 120 Å². The van der Waals surface area contributed by atoms with E-state index in [1.807, 2.05) is 0 Å². The molecule has 84 heavy (non-hydrogen) atoms. The number of hydrogen-bond donors (Lipinski definition) is 6. The molecular formula is C53H50N10O17S4. The van der Waals surface area contributed by atoms with Crippen molar-refractivity contribution in [1.82, 2.24) is 0 Å². The Bertz CT molecular complexity index is 4500. The van der Waals surface area contributed by atoms with Crippen LogP contribution in [0.3, 0.4) is 0 Å². The molecule has 1 unspecified atom stereocenters. The summed E-state index contributed by atoms with van der Waals surface area (Å²) in [7, 11) is -13.7. The third kappa shape index (κ3) is 13.9. The molecule has 1 aliphatic carbocycles. The maximum atomic E-state index is 13.5. The summed E-state index contributed by atoms with van der Waals surface area (Å²) in [6.07, 6.45) is 0.420. The Morgan fingerprint density at radius 2 is 0.905 bits per heavy atom. The first-order chi connectivity index (χ1) is 39.5. The smallest absolute Gasteiger partial charge is 0.323 e. The zero-order valence-electron chi connectivity index (χ0n) is 45.4. The van der Waals surface area contributed by atoms with E-state index in [2.05, 4.69) is 51.5 Å². The molecule has 7 aromatic carbocycles. The van der Waals surface area contributed by atoms with Crippen LogP contribution >= 0.6 is 0 Å². The van der Waals surface area contributed by atoms with Gasteiger partial charge in [0, 0.05) is 47.4 Å². The number of anilines is 2. The van der Waals surface area contributed by atoms with Crippen molar-refractivity contribution in [2.75, 3.05) is 39.1 Å². The Morgan fingerprint density at radius 1 is 0.476 bits per heavy atom. The highest BCUT2D eigenvalue weighted by Crippen LogP contribution is 2.45. The molecule has 0 spiro atoms. The number of methoxy groups -OCH3 is 4. The minimum absolute atomic E-state index is 0.0487. The zero-order valence-corrected chi connectivity index (χ0v) is 48.7. The molecule has 6 N–H and O–H groups in total. The van der Waals surface area contributed by atoms with Gasteiger partial charge in [0.25, 0.3) is 40.5 Å². The fraction of sp³-hybridized carbons (Fsp3) is 0.189. The first kappa shape index (κ1) is 61.1. The molecule has 7 aromatic rings. The van der Waals surface area contributed by atoms with Crippen molar-refractivity contribution < 1.29 is 75.6 Å². The summed E-state index contributed by atoms with van der Waals surface area (Å²) in [5.41, 5.74) is 5.80. The maximum Gasteiger partial charge on any atom is 0.323 e.